The van der Waals surface area contributed by atoms with Crippen LogP contribution >= 0.6 is 10.0 Å². The fourth-order valence-electron chi connectivity index (χ4n) is 3.28. The molecular weight excluding hydrogens is 467 g/mol. The lowest BCUT2D eigenvalue weighted by molar-refractivity contribution is -0.381. The second-order valence-corrected chi connectivity index (χ2v) is 9.87. The Kier molecular flexibility index (Phi) is 6.05. The van der Waals surface area contributed by atoms with Crippen molar-refractivity contribution < 1.29 is 39.5 Å². The van der Waals surface area contributed by atoms with Crippen LogP contribution in [0, 0.1) is 0 Å². The standard InChI is InChI=1S/C22H15F9S/c23-19(24,21(27,28)29)20(25,26)22(30,31)32(16-10-4-1-5-11-16,17-12-6-2-7-13-17)18-14-8-3-9-15-18/h1-15H. The van der Waals surface area contributed by atoms with Crippen LogP contribution in [0.1, 0.15) is 0 Å². The van der Waals surface area contributed by atoms with E-state index in [-0.39, 0.29) is 0 Å². The second kappa shape index (κ2) is 8.06. The lowest BCUT2D eigenvalue weighted by Gasteiger charge is -2.50. The molecule has 0 N–H and O–H groups in total. The third-order valence-electron chi connectivity index (χ3n) is 4.79. The molecule has 0 heterocycles. The van der Waals surface area contributed by atoms with Gasteiger partial charge in [-0.05, 0) is 36.4 Å². The van der Waals surface area contributed by atoms with E-state index < -0.39 is 48.0 Å². The van der Waals surface area contributed by atoms with E-state index in [4.69, 9.17) is 0 Å². The van der Waals surface area contributed by atoms with Crippen molar-refractivity contribution in [3.05, 3.63) is 91.0 Å². The molecule has 0 radical (unpaired) electrons. The van der Waals surface area contributed by atoms with Crippen LogP contribution < -0.4 is 0 Å². The summed E-state index contributed by atoms with van der Waals surface area (Å²) in [5, 5.41) is -5.86. The summed E-state index contributed by atoms with van der Waals surface area (Å²) in [7, 11) is -4.68. The third-order valence-corrected chi connectivity index (χ3v) is 8.75. The lowest BCUT2D eigenvalue weighted by Crippen LogP contribution is -2.62. The fraction of sp³-hybridized carbons (Fsp3) is 0.182. The Morgan fingerprint density at radius 1 is 0.406 bits per heavy atom. The summed E-state index contributed by atoms with van der Waals surface area (Å²) in [6.07, 6.45) is -6.91. The van der Waals surface area contributed by atoms with Gasteiger partial charge in [-0.3, -0.25) is 0 Å². The largest absolute Gasteiger partial charge is 0.460 e. The molecule has 0 spiro atoms. The van der Waals surface area contributed by atoms with Gasteiger partial charge in [0.15, 0.2) is 0 Å². The third kappa shape index (κ3) is 3.35. The van der Waals surface area contributed by atoms with Gasteiger partial charge in [-0.15, -0.1) is 0 Å². The molecule has 0 aliphatic carbocycles. The Labute approximate surface area is 179 Å². The van der Waals surface area contributed by atoms with E-state index in [9.17, 15) is 30.7 Å². The van der Waals surface area contributed by atoms with Crippen LogP contribution in [0.5, 0.6) is 0 Å². The maximum absolute atomic E-state index is 15.9. The highest BCUT2D eigenvalue weighted by atomic mass is 32.3. The number of rotatable bonds is 6. The second-order valence-electron chi connectivity index (χ2n) is 6.71. The number of hydrogen-bond donors (Lipinski definition) is 0. The van der Waals surface area contributed by atoms with Crippen LogP contribution in [0.2, 0.25) is 0 Å². The zero-order valence-electron chi connectivity index (χ0n) is 16.0. The summed E-state index contributed by atoms with van der Waals surface area (Å²) in [4.78, 5) is -1.50. The molecule has 0 amide bonds. The van der Waals surface area contributed by atoms with E-state index in [0.717, 1.165) is 36.4 Å². The molecule has 0 aliphatic heterocycles. The Morgan fingerprint density at radius 3 is 0.938 bits per heavy atom. The smallest absolute Gasteiger partial charge is 0.191 e. The summed E-state index contributed by atoms with van der Waals surface area (Å²) in [6.45, 7) is 0. The van der Waals surface area contributed by atoms with E-state index in [1.807, 2.05) is 0 Å². The molecule has 172 valence electrons. The summed E-state index contributed by atoms with van der Waals surface area (Å²) < 4.78 is 128. The molecule has 3 rings (SSSR count). The maximum atomic E-state index is 15.9. The fourth-order valence-corrected chi connectivity index (χ4v) is 7.19. The molecule has 3 aromatic rings. The number of alkyl halides is 9. The van der Waals surface area contributed by atoms with E-state index in [1.54, 1.807) is 0 Å². The molecule has 0 saturated heterocycles. The van der Waals surface area contributed by atoms with Gasteiger partial charge in [-0.25, -0.2) is 0 Å². The first-order valence-electron chi connectivity index (χ1n) is 9.00. The van der Waals surface area contributed by atoms with E-state index >= 15 is 8.78 Å². The first-order valence-corrected chi connectivity index (χ1v) is 10.6. The molecule has 10 heteroatoms. The van der Waals surface area contributed by atoms with Gasteiger partial charge in [-0.2, -0.15) is 39.5 Å². The van der Waals surface area contributed by atoms with E-state index in [2.05, 4.69) is 0 Å². The topological polar surface area (TPSA) is 0 Å². The molecule has 0 aromatic heterocycles. The number of halogens is 9. The van der Waals surface area contributed by atoms with Crippen molar-refractivity contribution in [3.63, 3.8) is 0 Å². The first kappa shape index (κ1) is 24.0. The molecule has 3 aromatic carbocycles. The lowest BCUT2D eigenvalue weighted by atomic mass is 10.1. The van der Waals surface area contributed by atoms with Gasteiger partial charge in [0.1, 0.15) is 0 Å². The maximum Gasteiger partial charge on any atom is 0.460 e. The molecular formula is C22H15F9S. The normalized spacial score (nSPS) is 14.3. The predicted octanol–water partition coefficient (Wildman–Crippen LogP) is 8.39. The molecule has 0 fully saturated rings. The predicted molar refractivity (Wildman–Crippen MR) is 103 cm³/mol. The van der Waals surface area contributed by atoms with Crippen LogP contribution in [0.3, 0.4) is 0 Å². The molecule has 0 atom stereocenters. The summed E-state index contributed by atoms with van der Waals surface area (Å²) in [5.74, 6) is -13.8. The van der Waals surface area contributed by atoms with Gasteiger partial charge >= 0.3 is 23.3 Å². The minimum absolute atomic E-state index is 0.500. The van der Waals surface area contributed by atoms with Gasteiger partial charge in [0.2, 0.25) is 0 Å². The van der Waals surface area contributed by atoms with E-state index in [0.29, 0.717) is 0 Å². The average Bonchev–Trinajstić information content (AvgIpc) is 2.75. The Bertz CT molecular complexity index is 937. The Morgan fingerprint density at radius 2 is 0.688 bits per heavy atom. The molecule has 0 nitrogen and oxygen atoms in total. The zero-order chi connectivity index (χ0) is 23.8. The highest BCUT2D eigenvalue weighted by Gasteiger charge is 2.85. The average molecular weight is 482 g/mol. The van der Waals surface area contributed by atoms with Crippen molar-refractivity contribution in [1.29, 1.82) is 0 Å². The zero-order valence-corrected chi connectivity index (χ0v) is 16.8. The van der Waals surface area contributed by atoms with Crippen molar-refractivity contribution in [3.8, 4) is 0 Å². The minimum Gasteiger partial charge on any atom is -0.191 e. The molecule has 32 heavy (non-hydrogen) atoms. The molecule has 0 saturated carbocycles. The Balaban J connectivity index is 2.50. The van der Waals surface area contributed by atoms with Crippen LogP contribution in [0.15, 0.2) is 106 Å². The minimum atomic E-state index is -7.00. The van der Waals surface area contributed by atoms with Gasteiger partial charge in [-0.1, -0.05) is 64.6 Å². The summed E-state index contributed by atoms with van der Waals surface area (Å²) >= 11 is 0. The molecule has 0 unspecified atom stereocenters. The monoisotopic (exact) mass is 482 g/mol. The Hall–Kier alpha value is -2.62. The van der Waals surface area contributed by atoms with Gasteiger partial charge in [0.05, 0.1) is 0 Å². The van der Waals surface area contributed by atoms with Crippen LogP contribution in [0.25, 0.3) is 0 Å². The van der Waals surface area contributed by atoms with Crippen molar-refractivity contribution >= 4 is 10.0 Å². The van der Waals surface area contributed by atoms with Crippen molar-refractivity contribution in [2.24, 2.45) is 0 Å². The van der Waals surface area contributed by atoms with Crippen LogP contribution in [-0.2, 0) is 0 Å². The summed E-state index contributed by atoms with van der Waals surface area (Å²) in [6, 6.07) is 17.6. The highest BCUT2D eigenvalue weighted by molar-refractivity contribution is 8.34. The first-order chi connectivity index (χ1) is 14.8. The number of hydrogen-bond acceptors (Lipinski definition) is 0. The molecule has 0 aliphatic rings. The van der Waals surface area contributed by atoms with Crippen molar-refractivity contribution in [1.82, 2.24) is 0 Å². The summed E-state index contributed by atoms with van der Waals surface area (Å²) in [5.41, 5.74) is 0. The van der Waals surface area contributed by atoms with Gasteiger partial charge < -0.3 is 0 Å². The van der Waals surface area contributed by atoms with Crippen LogP contribution in [0.4, 0.5) is 39.5 Å². The van der Waals surface area contributed by atoms with E-state index in [1.165, 1.54) is 54.6 Å². The van der Waals surface area contributed by atoms with Gasteiger partial charge in [0, 0.05) is 14.7 Å². The van der Waals surface area contributed by atoms with Crippen molar-refractivity contribution in [2.45, 2.75) is 38.0 Å². The highest BCUT2D eigenvalue weighted by Crippen LogP contribution is 2.81. The van der Waals surface area contributed by atoms with Gasteiger partial charge in [0.25, 0.3) is 0 Å². The number of benzene rings is 3. The van der Waals surface area contributed by atoms with Crippen molar-refractivity contribution in [2.75, 3.05) is 0 Å². The quantitative estimate of drug-likeness (QED) is 0.310. The molecule has 0 bridgehead atoms. The van der Waals surface area contributed by atoms with Crippen LogP contribution in [-0.4, -0.2) is 23.3 Å². The SMILES string of the molecule is FC(F)(F)C(F)(F)C(F)(F)C(F)(F)S(c1ccccc1)(c1ccccc1)c1ccccc1.